The second-order valence-electron chi connectivity index (χ2n) is 5.42. The van der Waals surface area contributed by atoms with Crippen LogP contribution in [-0.2, 0) is 6.54 Å². The van der Waals surface area contributed by atoms with Crippen LogP contribution in [0, 0.1) is 0 Å². The van der Waals surface area contributed by atoms with Crippen molar-refractivity contribution in [3.05, 3.63) is 31.1 Å². The molecule has 0 aliphatic heterocycles. The lowest BCUT2D eigenvalue weighted by Crippen LogP contribution is -2.39. The average Bonchev–Trinajstić information content (AvgIpc) is 3.03. The van der Waals surface area contributed by atoms with Crippen molar-refractivity contribution in [1.82, 2.24) is 20.0 Å². The lowest BCUT2D eigenvalue weighted by atomic mass is 10.2. The first-order valence-corrected chi connectivity index (χ1v) is 8.35. The molecule has 0 bridgehead atoms. The summed E-state index contributed by atoms with van der Waals surface area (Å²) in [5.74, 6) is 1.01. The number of hydrogen-bond acceptors (Lipinski definition) is 2. The molecule has 0 saturated carbocycles. The van der Waals surface area contributed by atoms with Crippen LogP contribution >= 0.6 is 24.0 Å². The lowest BCUT2D eigenvalue weighted by molar-refractivity contribution is 0.454. The number of unbranched alkanes of at least 4 members (excludes halogenated alkanes) is 3. The number of halogens is 1. The van der Waals surface area contributed by atoms with Crippen LogP contribution in [-0.4, -0.2) is 47.3 Å². The Morgan fingerprint density at radius 1 is 1.35 bits per heavy atom. The fraction of sp³-hybridized carbons (Fsp3) is 0.647. The highest BCUT2D eigenvalue weighted by Gasteiger charge is 2.04. The van der Waals surface area contributed by atoms with Crippen LogP contribution in [0.25, 0.3) is 0 Å². The van der Waals surface area contributed by atoms with Crippen LogP contribution < -0.4 is 5.32 Å². The Hall–Kier alpha value is -1.05. The van der Waals surface area contributed by atoms with E-state index in [-0.39, 0.29) is 24.0 Å². The van der Waals surface area contributed by atoms with Gasteiger partial charge in [-0.3, -0.25) is 9.67 Å². The van der Waals surface area contributed by atoms with Gasteiger partial charge in [-0.05, 0) is 38.7 Å². The molecule has 1 aromatic rings. The summed E-state index contributed by atoms with van der Waals surface area (Å²) in [6, 6.07) is 1.95. The Bertz CT molecular complexity index is 417. The third-order valence-corrected chi connectivity index (χ3v) is 3.46. The van der Waals surface area contributed by atoms with Gasteiger partial charge >= 0.3 is 0 Å². The molecule has 0 fully saturated rings. The van der Waals surface area contributed by atoms with Crippen molar-refractivity contribution in [3.8, 4) is 0 Å². The van der Waals surface area contributed by atoms with Gasteiger partial charge in [0.05, 0.1) is 0 Å². The van der Waals surface area contributed by atoms with Gasteiger partial charge in [0.15, 0.2) is 5.96 Å². The van der Waals surface area contributed by atoms with Crippen LogP contribution in [0.4, 0.5) is 0 Å². The van der Waals surface area contributed by atoms with Crippen LogP contribution in [0.5, 0.6) is 0 Å². The molecule has 0 unspecified atom stereocenters. The van der Waals surface area contributed by atoms with Crippen LogP contribution in [0.2, 0.25) is 0 Å². The molecule has 1 N–H and O–H groups in total. The zero-order chi connectivity index (χ0) is 16.0. The number of rotatable bonds is 11. The molecule has 0 radical (unpaired) electrons. The molecule has 6 heteroatoms. The first-order valence-electron chi connectivity index (χ1n) is 8.35. The molecular formula is C17H32IN5. The third-order valence-electron chi connectivity index (χ3n) is 3.46. The zero-order valence-electron chi connectivity index (χ0n) is 14.6. The molecule has 0 aromatic carbocycles. The smallest absolute Gasteiger partial charge is 0.193 e. The number of guanidine groups is 1. The molecule has 0 atom stereocenters. The molecule has 23 heavy (non-hydrogen) atoms. The summed E-state index contributed by atoms with van der Waals surface area (Å²) >= 11 is 0. The van der Waals surface area contributed by atoms with Gasteiger partial charge in [0.2, 0.25) is 0 Å². The van der Waals surface area contributed by atoms with Crippen LogP contribution in [0.3, 0.4) is 0 Å². The maximum atomic E-state index is 4.70. The van der Waals surface area contributed by atoms with Gasteiger partial charge in [0.1, 0.15) is 0 Å². The molecule has 0 saturated heterocycles. The summed E-state index contributed by atoms with van der Waals surface area (Å²) < 4.78 is 1.95. The van der Waals surface area contributed by atoms with E-state index < -0.39 is 0 Å². The molecule has 0 aliphatic rings. The Balaban J connectivity index is 0.00000484. The van der Waals surface area contributed by atoms with Crippen LogP contribution in [0.15, 0.2) is 36.1 Å². The van der Waals surface area contributed by atoms with E-state index in [1.807, 2.05) is 29.2 Å². The number of aryl methyl sites for hydroxylation is 1. The van der Waals surface area contributed by atoms with Gasteiger partial charge in [0, 0.05) is 45.6 Å². The van der Waals surface area contributed by atoms with E-state index in [9.17, 15) is 0 Å². The minimum Gasteiger partial charge on any atom is -0.357 e. The number of nitrogens with zero attached hydrogens (tertiary/aromatic N) is 4. The second-order valence-corrected chi connectivity index (χ2v) is 5.42. The van der Waals surface area contributed by atoms with Crippen LogP contribution in [0.1, 0.15) is 39.0 Å². The standard InChI is InChI=1S/C17H31N5.HI/c1-4-6-7-8-9-14-21(3)17(18-5-2)19-12-10-15-22-16-11-13-20-22;/h4,11,13,16H,1,5-10,12,14-15H2,2-3H3,(H,18,19);1H. The monoisotopic (exact) mass is 433 g/mol. The Morgan fingerprint density at radius 3 is 2.83 bits per heavy atom. The summed E-state index contributed by atoms with van der Waals surface area (Å²) in [6.07, 6.45) is 11.6. The van der Waals surface area contributed by atoms with E-state index >= 15 is 0 Å². The lowest BCUT2D eigenvalue weighted by Gasteiger charge is -2.22. The summed E-state index contributed by atoms with van der Waals surface area (Å²) in [5, 5.41) is 7.57. The molecule has 5 nitrogen and oxygen atoms in total. The molecule has 1 aromatic heterocycles. The van der Waals surface area contributed by atoms with Crippen molar-refractivity contribution in [2.75, 3.05) is 26.7 Å². The average molecular weight is 433 g/mol. The highest BCUT2D eigenvalue weighted by molar-refractivity contribution is 14.0. The highest BCUT2D eigenvalue weighted by Crippen LogP contribution is 2.02. The van der Waals surface area contributed by atoms with Gasteiger partial charge in [-0.25, -0.2) is 0 Å². The molecular weight excluding hydrogens is 401 g/mol. The minimum atomic E-state index is 0. The zero-order valence-corrected chi connectivity index (χ0v) is 16.9. The van der Waals surface area contributed by atoms with Gasteiger partial charge in [-0.15, -0.1) is 30.6 Å². The van der Waals surface area contributed by atoms with Crippen molar-refractivity contribution < 1.29 is 0 Å². The number of aliphatic imine (C=N–C) groups is 1. The Labute approximate surface area is 158 Å². The van der Waals surface area contributed by atoms with E-state index in [4.69, 9.17) is 4.99 Å². The van der Waals surface area contributed by atoms with E-state index in [0.29, 0.717) is 0 Å². The molecule has 132 valence electrons. The fourth-order valence-electron chi connectivity index (χ4n) is 2.24. The number of nitrogens with one attached hydrogen (secondary N) is 1. The summed E-state index contributed by atoms with van der Waals surface area (Å²) in [5.41, 5.74) is 0. The molecule has 1 heterocycles. The highest BCUT2D eigenvalue weighted by atomic mass is 127. The first kappa shape index (κ1) is 21.9. The summed E-state index contributed by atoms with van der Waals surface area (Å²) in [6.45, 7) is 9.55. The molecule has 0 aliphatic carbocycles. The Kier molecular flexibility index (Phi) is 13.9. The predicted molar refractivity (Wildman–Crippen MR) is 110 cm³/mol. The normalized spacial score (nSPS) is 11.0. The van der Waals surface area contributed by atoms with Gasteiger partial charge < -0.3 is 10.2 Å². The molecule has 1 rings (SSSR count). The quantitative estimate of drug-likeness (QED) is 0.191. The number of allylic oxidation sites excluding steroid dienone is 1. The SMILES string of the molecule is C=CCCCCCN(C)C(=NCCCn1cccn1)NCC.I. The molecule has 0 amide bonds. The van der Waals surface area contributed by atoms with E-state index in [2.05, 4.69) is 35.9 Å². The van der Waals surface area contributed by atoms with Gasteiger partial charge in [0.25, 0.3) is 0 Å². The van der Waals surface area contributed by atoms with Gasteiger partial charge in [-0.1, -0.05) is 12.5 Å². The first-order chi connectivity index (χ1) is 10.8. The summed E-state index contributed by atoms with van der Waals surface area (Å²) in [7, 11) is 2.11. The number of hydrogen-bond donors (Lipinski definition) is 1. The third kappa shape index (κ3) is 10.4. The second kappa shape index (κ2) is 14.5. The maximum absolute atomic E-state index is 4.70. The van der Waals surface area contributed by atoms with E-state index in [1.165, 1.54) is 19.3 Å². The fourth-order valence-corrected chi connectivity index (χ4v) is 2.24. The van der Waals surface area contributed by atoms with E-state index in [0.717, 1.165) is 45.0 Å². The van der Waals surface area contributed by atoms with Crippen molar-refractivity contribution >= 4 is 29.9 Å². The molecule has 0 spiro atoms. The number of aromatic nitrogens is 2. The van der Waals surface area contributed by atoms with Crippen molar-refractivity contribution in [2.24, 2.45) is 4.99 Å². The van der Waals surface area contributed by atoms with Crippen molar-refractivity contribution in [1.29, 1.82) is 0 Å². The van der Waals surface area contributed by atoms with Crippen molar-refractivity contribution in [3.63, 3.8) is 0 Å². The van der Waals surface area contributed by atoms with E-state index in [1.54, 1.807) is 0 Å². The maximum Gasteiger partial charge on any atom is 0.193 e. The topological polar surface area (TPSA) is 45.5 Å². The largest absolute Gasteiger partial charge is 0.357 e. The summed E-state index contributed by atoms with van der Waals surface area (Å²) in [4.78, 5) is 6.93. The van der Waals surface area contributed by atoms with Gasteiger partial charge in [-0.2, -0.15) is 5.10 Å². The predicted octanol–water partition coefficient (Wildman–Crippen LogP) is 3.53. The Morgan fingerprint density at radius 2 is 2.17 bits per heavy atom. The van der Waals surface area contributed by atoms with Crippen molar-refractivity contribution in [2.45, 2.75) is 45.6 Å². The minimum absolute atomic E-state index is 0.